The summed E-state index contributed by atoms with van der Waals surface area (Å²) in [6.45, 7) is 6.38. The van der Waals surface area contributed by atoms with Crippen molar-refractivity contribution in [3.8, 4) is 0 Å². The molecule has 2 aliphatic rings. The second-order valence-electron chi connectivity index (χ2n) is 5.48. The van der Waals surface area contributed by atoms with Crippen molar-refractivity contribution in [2.45, 2.75) is 38.7 Å². The molecule has 0 radical (unpaired) electrons. The second-order valence-corrected chi connectivity index (χ2v) is 5.48. The number of furan rings is 1. The maximum Gasteiger partial charge on any atom is 0.110 e. The Hall–Kier alpha value is -1.02. The molecule has 2 nitrogen and oxygen atoms in total. The molecule has 2 heteroatoms. The maximum atomic E-state index is 10.5. The molecule has 3 rings (SSSR count). The van der Waals surface area contributed by atoms with Gasteiger partial charge in [-0.25, -0.2) is 0 Å². The highest BCUT2D eigenvalue weighted by Crippen LogP contribution is 2.56. The highest BCUT2D eigenvalue weighted by atomic mass is 16.3. The topological polar surface area (TPSA) is 33.4 Å². The van der Waals surface area contributed by atoms with Crippen LogP contribution in [0.3, 0.4) is 0 Å². The molecular formula is C14H18O2. The highest BCUT2D eigenvalue weighted by molar-refractivity contribution is 5.31. The molecule has 3 atom stereocenters. The summed E-state index contributed by atoms with van der Waals surface area (Å²) in [6, 6.07) is 1.92. The molecule has 1 fully saturated rings. The Morgan fingerprint density at radius 2 is 2.38 bits per heavy atom. The van der Waals surface area contributed by atoms with Gasteiger partial charge in [0.15, 0.2) is 0 Å². The van der Waals surface area contributed by atoms with Gasteiger partial charge >= 0.3 is 0 Å². The van der Waals surface area contributed by atoms with Crippen LogP contribution in [0.2, 0.25) is 0 Å². The largest absolute Gasteiger partial charge is 0.469 e. The quantitative estimate of drug-likeness (QED) is 0.678. The van der Waals surface area contributed by atoms with Crippen molar-refractivity contribution in [3.05, 3.63) is 35.8 Å². The number of rotatable bonds is 0. The first-order valence-corrected chi connectivity index (χ1v) is 6.05. The van der Waals surface area contributed by atoms with Gasteiger partial charge in [-0.1, -0.05) is 19.1 Å². The van der Waals surface area contributed by atoms with Gasteiger partial charge in [-0.15, -0.1) is 0 Å². The molecule has 0 spiro atoms. The van der Waals surface area contributed by atoms with Crippen LogP contribution in [0.4, 0.5) is 0 Å². The van der Waals surface area contributed by atoms with E-state index in [1.54, 1.807) is 6.26 Å². The lowest BCUT2D eigenvalue weighted by Gasteiger charge is -2.48. The lowest BCUT2D eigenvalue weighted by Crippen LogP contribution is -2.42. The van der Waals surface area contributed by atoms with Crippen LogP contribution in [0.5, 0.6) is 0 Å². The lowest BCUT2D eigenvalue weighted by molar-refractivity contribution is -0.0301. The Balaban J connectivity index is 2.09. The van der Waals surface area contributed by atoms with Gasteiger partial charge in [0.05, 0.1) is 12.4 Å². The van der Waals surface area contributed by atoms with Gasteiger partial charge in [0.2, 0.25) is 0 Å². The zero-order valence-corrected chi connectivity index (χ0v) is 9.70. The standard InChI is InChI=1S/C14H18O2/c1-9-4-3-6-14(2)11(9)8-12-10(13(14)15)5-7-16-12/h5,7,11,13,15H,1,3-4,6,8H2,2H3/t11-,13-,14+/m1/s1. The summed E-state index contributed by atoms with van der Waals surface area (Å²) in [5.41, 5.74) is 2.25. The van der Waals surface area contributed by atoms with Crippen LogP contribution in [-0.2, 0) is 6.42 Å². The van der Waals surface area contributed by atoms with Crippen LogP contribution in [0.1, 0.15) is 43.6 Å². The molecule has 16 heavy (non-hydrogen) atoms. The Morgan fingerprint density at radius 1 is 1.56 bits per heavy atom. The van der Waals surface area contributed by atoms with Crippen molar-refractivity contribution in [2.24, 2.45) is 11.3 Å². The van der Waals surface area contributed by atoms with Crippen molar-refractivity contribution in [1.29, 1.82) is 0 Å². The summed E-state index contributed by atoms with van der Waals surface area (Å²) < 4.78 is 5.47. The molecule has 2 aliphatic carbocycles. The zero-order chi connectivity index (χ0) is 11.3. The third-order valence-corrected chi connectivity index (χ3v) is 4.59. The van der Waals surface area contributed by atoms with Crippen LogP contribution in [0, 0.1) is 11.3 Å². The molecule has 1 heterocycles. The predicted molar refractivity (Wildman–Crippen MR) is 62.0 cm³/mol. The van der Waals surface area contributed by atoms with Gasteiger partial charge in [0.1, 0.15) is 5.76 Å². The minimum Gasteiger partial charge on any atom is -0.469 e. The van der Waals surface area contributed by atoms with E-state index in [0.717, 1.165) is 37.0 Å². The Bertz CT molecular complexity index is 432. The zero-order valence-electron chi connectivity index (χ0n) is 9.70. The first-order chi connectivity index (χ1) is 7.63. The molecule has 1 N–H and O–H groups in total. The van der Waals surface area contributed by atoms with Crippen molar-refractivity contribution in [2.75, 3.05) is 0 Å². The van der Waals surface area contributed by atoms with E-state index < -0.39 is 6.10 Å². The summed E-state index contributed by atoms with van der Waals surface area (Å²) in [5.74, 6) is 1.34. The third-order valence-electron chi connectivity index (χ3n) is 4.59. The van der Waals surface area contributed by atoms with Gasteiger partial charge in [-0.05, 0) is 31.2 Å². The smallest absolute Gasteiger partial charge is 0.110 e. The van der Waals surface area contributed by atoms with Gasteiger partial charge in [-0.3, -0.25) is 0 Å². The van der Waals surface area contributed by atoms with E-state index in [1.807, 2.05) is 6.07 Å². The molecule has 0 bridgehead atoms. The van der Waals surface area contributed by atoms with E-state index in [1.165, 1.54) is 5.57 Å². The van der Waals surface area contributed by atoms with Crippen LogP contribution in [-0.4, -0.2) is 5.11 Å². The van der Waals surface area contributed by atoms with Crippen molar-refractivity contribution < 1.29 is 9.52 Å². The van der Waals surface area contributed by atoms with E-state index >= 15 is 0 Å². The van der Waals surface area contributed by atoms with Gasteiger partial charge in [0.25, 0.3) is 0 Å². The summed E-state index contributed by atoms with van der Waals surface area (Å²) >= 11 is 0. The minimum atomic E-state index is -0.392. The van der Waals surface area contributed by atoms with Crippen LogP contribution < -0.4 is 0 Å². The summed E-state index contributed by atoms with van der Waals surface area (Å²) in [5, 5.41) is 10.5. The number of aliphatic hydroxyl groups is 1. The Kier molecular flexibility index (Phi) is 2.05. The van der Waals surface area contributed by atoms with Gasteiger partial charge in [0, 0.05) is 17.4 Å². The molecular weight excluding hydrogens is 200 g/mol. The van der Waals surface area contributed by atoms with Gasteiger partial charge < -0.3 is 9.52 Å². The SMILES string of the molecule is C=C1CCC[C@@]2(C)[C@@H]1Cc1occc1[C@H]2O. The van der Waals surface area contributed by atoms with Crippen LogP contribution >= 0.6 is 0 Å². The van der Waals surface area contributed by atoms with E-state index in [2.05, 4.69) is 13.5 Å². The van der Waals surface area contributed by atoms with Crippen molar-refractivity contribution in [1.82, 2.24) is 0 Å². The predicted octanol–water partition coefficient (Wildman–Crippen LogP) is 3.23. The number of allylic oxidation sites excluding steroid dienone is 1. The molecule has 1 aromatic heterocycles. The maximum absolute atomic E-state index is 10.5. The molecule has 0 aliphatic heterocycles. The minimum absolute atomic E-state index is 0.0355. The molecule has 0 amide bonds. The average Bonchev–Trinajstić information content (AvgIpc) is 2.70. The summed E-state index contributed by atoms with van der Waals surface area (Å²) in [7, 11) is 0. The fourth-order valence-electron chi connectivity index (χ4n) is 3.52. The summed E-state index contributed by atoms with van der Waals surface area (Å²) in [4.78, 5) is 0. The third kappa shape index (κ3) is 1.17. The van der Waals surface area contributed by atoms with Crippen molar-refractivity contribution >= 4 is 0 Å². The second kappa shape index (κ2) is 3.24. The number of aliphatic hydroxyl groups excluding tert-OH is 1. The first kappa shape index (κ1) is 10.2. The molecule has 1 aromatic rings. The first-order valence-electron chi connectivity index (χ1n) is 6.05. The molecule has 86 valence electrons. The Morgan fingerprint density at radius 3 is 3.19 bits per heavy atom. The average molecular weight is 218 g/mol. The van der Waals surface area contributed by atoms with E-state index in [4.69, 9.17) is 4.42 Å². The van der Waals surface area contributed by atoms with Gasteiger partial charge in [-0.2, -0.15) is 0 Å². The molecule has 0 saturated heterocycles. The number of fused-ring (bicyclic) bond motifs is 2. The van der Waals surface area contributed by atoms with Crippen LogP contribution in [0.15, 0.2) is 28.9 Å². The normalized spacial score (nSPS) is 38.0. The monoisotopic (exact) mass is 218 g/mol. The Labute approximate surface area is 96.0 Å². The number of hydrogen-bond donors (Lipinski definition) is 1. The summed E-state index contributed by atoms with van der Waals surface area (Å²) in [6.07, 6.45) is 5.55. The van der Waals surface area contributed by atoms with Crippen molar-refractivity contribution in [3.63, 3.8) is 0 Å². The highest BCUT2D eigenvalue weighted by Gasteiger charge is 2.49. The molecule has 0 aromatic carbocycles. The van der Waals surface area contributed by atoms with Crippen LogP contribution in [0.25, 0.3) is 0 Å². The van der Waals surface area contributed by atoms with E-state index in [-0.39, 0.29) is 5.41 Å². The van der Waals surface area contributed by atoms with E-state index in [0.29, 0.717) is 5.92 Å². The fraction of sp³-hybridized carbons (Fsp3) is 0.571. The lowest BCUT2D eigenvalue weighted by atomic mass is 9.57. The molecule has 1 saturated carbocycles. The molecule has 0 unspecified atom stereocenters. The number of hydrogen-bond acceptors (Lipinski definition) is 2. The fourth-order valence-corrected chi connectivity index (χ4v) is 3.52. The van der Waals surface area contributed by atoms with E-state index in [9.17, 15) is 5.11 Å².